The minimum atomic E-state index is -3.82. The molecule has 21 heavy (non-hydrogen) atoms. The highest BCUT2D eigenvalue weighted by atomic mass is 32.2. The van der Waals surface area contributed by atoms with Gasteiger partial charge in [-0.3, -0.25) is 4.90 Å². The van der Waals surface area contributed by atoms with Gasteiger partial charge in [-0.2, -0.15) is 0 Å². The van der Waals surface area contributed by atoms with Gasteiger partial charge in [-0.25, -0.2) is 13.6 Å². The van der Waals surface area contributed by atoms with Gasteiger partial charge in [0.25, 0.3) is 0 Å². The zero-order valence-electron chi connectivity index (χ0n) is 11.9. The van der Waals surface area contributed by atoms with E-state index in [2.05, 4.69) is 9.80 Å². The van der Waals surface area contributed by atoms with Crippen LogP contribution >= 0.6 is 0 Å². The molecule has 1 aromatic rings. The van der Waals surface area contributed by atoms with Gasteiger partial charge in [0, 0.05) is 26.2 Å². The molecule has 1 aliphatic heterocycles. The van der Waals surface area contributed by atoms with Crippen molar-refractivity contribution in [2.45, 2.75) is 11.3 Å². The first kappa shape index (κ1) is 16.0. The maximum atomic E-state index is 11.5. The molecular formula is C13H22N4O3S. The lowest BCUT2D eigenvalue weighted by molar-refractivity contribution is 0.204. The highest BCUT2D eigenvalue weighted by molar-refractivity contribution is 7.89. The number of nitrogens with zero attached hydrogens (tertiary/aromatic N) is 2. The molecule has 0 amide bonds. The summed E-state index contributed by atoms with van der Waals surface area (Å²) in [5.74, 6) is 0. The number of hydrogen-bond donors (Lipinski definition) is 3. The summed E-state index contributed by atoms with van der Waals surface area (Å²) in [5.41, 5.74) is 6.90. The van der Waals surface area contributed by atoms with Gasteiger partial charge < -0.3 is 15.7 Å². The van der Waals surface area contributed by atoms with Crippen molar-refractivity contribution in [2.75, 3.05) is 50.0 Å². The molecule has 0 unspecified atom stereocenters. The van der Waals surface area contributed by atoms with E-state index in [1.54, 1.807) is 6.07 Å². The van der Waals surface area contributed by atoms with Crippen LogP contribution in [0.2, 0.25) is 0 Å². The van der Waals surface area contributed by atoms with Crippen LogP contribution in [-0.2, 0) is 10.0 Å². The fourth-order valence-electron chi connectivity index (χ4n) is 2.63. The fourth-order valence-corrected chi connectivity index (χ4v) is 3.31. The van der Waals surface area contributed by atoms with Crippen LogP contribution in [0.15, 0.2) is 23.1 Å². The Hall–Kier alpha value is -1.35. The van der Waals surface area contributed by atoms with E-state index in [1.807, 2.05) is 6.07 Å². The zero-order chi connectivity index (χ0) is 15.5. The lowest BCUT2D eigenvalue weighted by atomic mass is 10.2. The van der Waals surface area contributed by atoms with Crippen LogP contribution in [0, 0.1) is 0 Å². The Morgan fingerprint density at radius 1 is 1.19 bits per heavy atom. The third kappa shape index (κ3) is 3.85. The predicted octanol–water partition coefficient (Wildman–Crippen LogP) is -0.579. The summed E-state index contributed by atoms with van der Waals surface area (Å²) in [5, 5.41) is 14.2. The number of nitrogens with two attached hydrogens (primary N) is 2. The Bertz CT molecular complexity index is 591. The summed E-state index contributed by atoms with van der Waals surface area (Å²) in [6.45, 7) is 4.04. The number of aliphatic hydroxyl groups excluding tert-OH is 1. The lowest BCUT2D eigenvalue weighted by Crippen LogP contribution is -2.32. The quantitative estimate of drug-likeness (QED) is 0.641. The molecule has 0 saturated carbocycles. The standard InChI is InChI=1S/C13H22N4O3S/c14-13-11(3-1-4-12(13)21(15,19)20)17-6-2-5-16(7-8-17)9-10-18/h1,3-4,18H,2,5-10,14H2,(H2,15,19,20). The molecule has 7 nitrogen and oxygen atoms in total. The number of sulfonamides is 1. The Morgan fingerprint density at radius 3 is 2.62 bits per heavy atom. The predicted molar refractivity (Wildman–Crippen MR) is 82.6 cm³/mol. The van der Waals surface area contributed by atoms with Gasteiger partial charge in [0.05, 0.1) is 18.0 Å². The first-order valence-corrected chi connectivity index (χ1v) is 8.47. The molecule has 1 saturated heterocycles. The molecule has 5 N–H and O–H groups in total. The summed E-state index contributed by atoms with van der Waals surface area (Å²) in [6.07, 6.45) is 0.930. The van der Waals surface area contributed by atoms with Gasteiger partial charge in [-0.15, -0.1) is 0 Å². The molecule has 2 rings (SSSR count). The van der Waals surface area contributed by atoms with Crippen LogP contribution < -0.4 is 15.8 Å². The number of hydrogen-bond acceptors (Lipinski definition) is 6. The molecule has 0 atom stereocenters. The average Bonchev–Trinajstić information content (AvgIpc) is 2.64. The van der Waals surface area contributed by atoms with E-state index in [-0.39, 0.29) is 17.2 Å². The van der Waals surface area contributed by atoms with Crippen LogP contribution in [0.4, 0.5) is 11.4 Å². The number of para-hydroxylation sites is 1. The van der Waals surface area contributed by atoms with Gasteiger partial charge in [-0.05, 0) is 25.1 Å². The largest absolute Gasteiger partial charge is 0.396 e. The van der Waals surface area contributed by atoms with Crippen molar-refractivity contribution in [3.63, 3.8) is 0 Å². The summed E-state index contributed by atoms with van der Waals surface area (Å²) in [7, 11) is -3.82. The molecule has 8 heteroatoms. The smallest absolute Gasteiger partial charge is 0.240 e. The van der Waals surface area contributed by atoms with E-state index < -0.39 is 10.0 Å². The highest BCUT2D eigenvalue weighted by Crippen LogP contribution is 2.29. The topological polar surface area (TPSA) is 113 Å². The minimum absolute atomic E-state index is 0.0311. The number of aliphatic hydroxyl groups is 1. The molecule has 1 aliphatic rings. The van der Waals surface area contributed by atoms with E-state index in [0.717, 1.165) is 32.6 Å². The molecular weight excluding hydrogens is 292 g/mol. The van der Waals surface area contributed by atoms with Crippen molar-refractivity contribution in [1.29, 1.82) is 0 Å². The van der Waals surface area contributed by atoms with Crippen LogP contribution in [-0.4, -0.2) is 57.8 Å². The molecule has 1 aromatic carbocycles. The van der Waals surface area contributed by atoms with Gasteiger partial charge in [-0.1, -0.05) is 6.07 Å². The summed E-state index contributed by atoms with van der Waals surface area (Å²) in [4.78, 5) is 4.22. The summed E-state index contributed by atoms with van der Waals surface area (Å²) < 4.78 is 23.1. The molecule has 0 radical (unpaired) electrons. The third-order valence-corrected chi connectivity index (χ3v) is 4.66. The number of benzene rings is 1. The maximum absolute atomic E-state index is 11.5. The average molecular weight is 314 g/mol. The normalized spacial score (nSPS) is 17.7. The zero-order valence-corrected chi connectivity index (χ0v) is 12.7. The summed E-state index contributed by atoms with van der Waals surface area (Å²) in [6, 6.07) is 4.89. The Morgan fingerprint density at radius 2 is 1.95 bits per heavy atom. The molecule has 0 aliphatic carbocycles. The van der Waals surface area contributed by atoms with Crippen molar-refractivity contribution in [3.8, 4) is 0 Å². The number of rotatable bonds is 4. The van der Waals surface area contributed by atoms with Crippen LogP contribution in [0.1, 0.15) is 6.42 Å². The highest BCUT2D eigenvalue weighted by Gasteiger charge is 2.20. The SMILES string of the molecule is Nc1c(N2CCCN(CCO)CC2)cccc1S(N)(=O)=O. The maximum Gasteiger partial charge on any atom is 0.240 e. The third-order valence-electron chi connectivity index (χ3n) is 3.70. The number of nitrogen functional groups attached to an aromatic ring is 1. The molecule has 1 heterocycles. The molecule has 0 bridgehead atoms. The minimum Gasteiger partial charge on any atom is -0.396 e. The second-order valence-corrected chi connectivity index (χ2v) is 6.67. The Kier molecular flexibility index (Phi) is 5.04. The van der Waals surface area contributed by atoms with Crippen LogP contribution in [0.3, 0.4) is 0 Å². The van der Waals surface area contributed by atoms with Gasteiger partial charge in [0.15, 0.2) is 0 Å². The molecule has 118 valence electrons. The second kappa shape index (κ2) is 6.61. The van der Waals surface area contributed by atoms with E-state index in [1.165, 1.54) is 6.07 Å². The number of primary sulfonamides is 1. The molecule has 0 spiro atoms. The van der Waals surface area contributed by atoms with Crippen molar-refractivity contribution in [3.05, 3.63) is 18.2 Å². The summed E-state index contributed by atoms with van der Waals surface area (Å²) >= 11 is 0. The van der Waals surface area contributed by atoms with E-state index in [9.17, 15) is 8.42 Å². The van der Waals surface area contributed by atoms with Gasteiger partial charge >= 0.3 is 0 Å². The van der Waals surface area contributed by atoms with E-state index in [0.29, 0.717) is 12.2 Å². The van der Waals surface area contributed by atoms with Crippen LogP contribution in [0.5, 0.6) is 0 Å². The number of β-amino-alcohol motifs (C(OH)–C–C–N with tert-alkyl or cyclic N) is 1. The lowest BCUT2D eigenvalue weighted by Gasteiger charge is -2.25. The Labute approximate surface area is 125 Å². The van der Waals surface area contributed by atoms with Crippen LogP contribution in [0.25, 0.3) is 0 Å². The fraction of sp³-hybridized carbons (Fsp3) is 0.538. The second-order valence-electron chi connectivity index (χ2n) is 5.14. The van der Waals surface area contributed by atoms with Crippen molar-refractivity contribution >= 4 is 21.4 Å². The van der Waals surface area contributed by atoms with Gasteiger partial charge in [0.1, 0.15) is 4.90 Å². The molecule has 0 aromatic heterocycles. The monoisotopic (exact) mass is 314 g/mol. The van der Waals surface area contributed by atoms with E-state index in [4.69, 9.17) is 16.0 Å². The van der Waals surface area contributed by atoms with Crippen molar-refractivity contribution in [2.24, 2.45) is 5.14 Å². The van der Waals surface area contributed by atoms with Crippen molar-refractivity contribution < 1.29 is 13.5 Å². The Balaban J connectivity index is 2.23. The first-order valence-electron chi connectivity index (χ1n) is 6.93. The first-order chi connectivity index (χ1) is 9.93. The van der Waals surface area contributed by atoms with Crippen molar-refractivity contribution in [1.82, 2.24) is 4.90 Å². The van der Waals surface area contributed by atoms with Gasteiger partial charge in [0.2, 0.25) is 10.0 Å². The molecule has 1 fully saturated rings. The van der Waals surface area contributed by atoms with E-state index >= 15 is 0 Å². The number of anilines is 2.